The molecule has 1 fully saturated rings. The van der Waals surface area contributed by atoms with Crippen LogP contribution < -0.4 is 14.2 Å². The number of aliphatic hydroxyl groups is 1. The van der Waals surface area contributed by atoms with Crippen LogP contribution in [0.25, 0.3) is 0 Å². The molecular formula is C13H17NO5S. The summed E-state index contributed by atoms with van der Waals surface area (Å²) in [5.74, 6) is 1.00. The predicted octanol–water partition coefficient (Wildman–Crippen LogP) is 0.651. The minimum absolute atomic E-state index is 0.126. The van der Waals surface area contributed by atoms with Gasteiger partial charge in [-0.05, 0) is 25.0 Å². The topological polar surface area (TPSA) is 84.9 Å². The largest absolute Gasteiger partial charge is 0.490 e. The molecule has 2 aliphatic rings. The summed E-state index contributed by atoms with van der Waals surface area (Å²) < 4.78 is 38.1. The van der Waals surface area contributed by atoms with Gasteiger partial charge in [-0.15, -0.1) is 0 Å². The molecule has 0 aromatic heterocycles. The molecule has 3 rings (SSSR count). The van der Waals surface area contributed by atoms with Crippen molar-refractivity contribution in [1.29, 1.82) is 0 Å². The van der Waals surface area contributed by atoms with Crippen LogP contribution in [0.2, 0.25) is 0 Å². The molecule has 2 N–H and O–H groups in total. The number of ether oxygens (including phenoxy) is 2. The Morgan fingerprint density at radius 2 is 1.90 bits per heavy atom. The van der Waals surface area contributed by atoms with Gasteiger partial charge in [0.1, 0.15) is 0 Å². The van der Waals surface area contributed by atoms with Gasteiger partial charge in [-0.1, -0.05) is 0 Å². The molecule has 0 atom stereocenters. The van der Waals surface area contributed by atoms with Gasteiger partial charge < -0.3 is 14.6 Å². The van der Waals surface area contributed by atoms with E-state index in [1.165, 1.54) is 12.1 Å². The van der Waals surface area contributed by atoms with Crippen LogP contribution in [0.1, 0.15) is 19.3 Å². The minimum atomic E-state index is -3.66. The van der Waals surface area contributed by atoms with E-state index in [4.69, 9.17) is 9.47 Å². The van der Waals surface area contributed by atoms with E-state index in [1.54, 1.807) is 6.07 Å². The Labute approximate surface area is 117 Å². The van der Waals surface area contributed by atoms with Gasteiger partial charge in [-0.2, -0.15) is 0 Å². The van der Waals surface area contributed by atoms with Gasteiger partial charge in [0.05, 0.1) is 30.3 Å². The average Bonchev–Trinajstić information content (AvgIpc) is 3.21. The van der Waals surface area contributed by atoms with Crippen LogP contribution in [0, 0.1) is 0 Å². The Hall–Kier alpha value is -1.31. The molecule has 0 unspecified atom stereocenters. The van der Waals surface area contributed by atoms with E-state index in [-0.39, 0.29) is 11.5 Å². The lowest BCUT2D eigenvalue weighted by molar-refractivity contribution is 0.246. The Morgan fingerprint density at radius 3 is 2.55 bits per heavy atom. The molecule has 1 heterocycles. The van der Waals surface area contributed by atoms with E-state index in [9.17, 15) is 13.5 Å². The molecule has 0 amide bonds. The van der Waals surface area contributed by atoms with Crippen molar-refractivity contribution in [2.45, 2.75) is 29.7 Å². The highest BCUT2D eigenvalue weighted by atomic mass is 32.2. The molecule has 1 aliphatic carbocycles. The zero-order chi connectivity index (χ0) is 14.2. The summed E-state index contributed by atoms with van der Waals surface area (Å²) in [4.78, 5) is 0.126. The zero-order valence-electron chi connectivity index (χ0n) is 11.0. The maximum Gasteiger partial charge on any atom is 0.241 e. The summed E-state index contributed by atoms with van der Waals surface area (Å²) in [6.45, 7) is 0.881. The maximum atomic E-state index is 12.3. The van der Waals surface area contributed by atoms with Crippen LogP contribution in [0.15, 0.2) is 23.1 Å². The fraction of sp³-hybridized carbons (Fsp3) is 0.538. The lowest BCUT2D eigenvalue weighted by Gasteiger charge is -2.15. The third-order valence-corrected chi connectivity index (χ3v) is 5.11. The summed E-state index contributed by atoms with van der Waals surface area (Å²) in [6, 6.07) is 4.56. The fourth-order valence-electron chi connectivity index (χ4n) is 2.10. The number of sulfonamides is 1. The van der Waals surface area contributed by atoms with Gasteiger partial charge in [-0.25, -0.2) is 13.1 Å². The monoisotopic (exact) mass is 299 g/mol. The number of rotatable bonds is 4. The highest BCUT2D eigenvalue weighted by molar-refractivity contribution is 7.89. The molecule has 1 aliphatic heterocycles. The Bertz CT molecular complexity index is 609. The van der Waals surface area contributed by atoms with Crippen molar-refractivity contribution < 1.29 is 23.0 Å². The Morgan fingerprint density at radius 1 is 1.20 bits per heavy atom. The van der Waals surface area contributed by atoms with Crippen molar-refractivity contribution >= 4 is 10.0 Å². The number of hydrogen-bond donors (Lipinski definition) is 2. The Balaban J connectivity index is 1.88. The molecule has 7 heteroatoms. The molecule has 0 saturated heterocycles. The van der Waals surface area contributed by atoms with Crippen molar-refractivity contribution in [1.82, 2.24) is 4.72 Å². The summed E-state index contributed by atoms with van der Waals surface area (Å²) in [5, 5.41) is 9.22. The van der Waals surface area contributed by atoms with Crippen molar-refractivity contribution in [2.75, 3.05) is 19.8 Å². The van der Waals surface area contributed by atoms with Gasteiger partial charge >= 0.3 is 0 Å². The lowest BCUT2D eigenvalue weighted by Crippen LogP contribution is -2.39. The molecule has 110 valence electrons. The molecule has 1 aromatic rings. The van der Waals surface area contributed by atoms with Gasteiger partial charge in [0, 0.05) is 12.5 Å². The second-order valence-corrected chi connectivity index (χ2v) is 6.89. The van der Waals surface area contributed by atoms with Crippen molar-refractivity contribution in [3.8, 4) is 11.5 Å². The van der Waals surface area contributed by atoms with Gasteiger partial charge in [0.15, 0.2) is 11.5 Å². The van der Waals surface area contributed by atoms with Crippen LogP contribution in [0.5, 0.6) is 11.5 Å². The number of benzene rings is 1. The molecule has 1 aromatic carbocycles. The van der Waals surface area contributed by atoms with Crippen molar-refractivity contribution in [2.24, 2.45) is 0 Å². The summed E-state index contributed by atoms with van der Waals surface area (Å²) >= 11 is 0. The first-order chi connectivity index (χ1) is 9.55. The first-order valence-corrected chi connectivity index (χ1v) is 8.08. The minimum Gasteiger partial charge on any atom is -0.490 e. The predicted molar refractivity (Wildman–Crippen MR) is 71.4 cm³/mol. The van der Waals surface area contributed by atoms with E-state index < -0.39 is 15.6 Å². The third kappa shape index (κ3) is 2.61. The summed E-state index contributed by atoms with van der Waals surface area (Å²) in [7, 11) is -3.66. The van der Waals surface area contributed by atoms with Crippen LogP contribution in [-0.4, -0.2) is 38.9 Å². The second-order valence-electron chi connectivity index (χ2n) is 5.20. The van der Waals surface area contributed by atoms with Gasteiger partial charge in [-0.3, -0.25) is 0 Å². The molecule has 0 bridgehead atoms. The first kappa shape index (κ1) is 13.7. The third-order valence-electron chi connectivity index (χ3n) is 3.54. The van der Waals surface area contributed by atoms with Crippen molar-refractivity contribution in [3.63, 3.8) is 0 Å². The van der Waals surface area contributed by atoms with Gasteiger partial charge in [0.25, 0.3) is 0 Å². The number of fused-ring (bicyclic) bond motifs is 1. The first-order valence-electron chi connectivity index (χ1n) is 6.59. The maximum absolute atomic E-state index is 12.3. The molecule has 20 heavy (non-hydrogen) atoms. The average molecular weight is 299 g/mol. The van der Waals surface area contributed by atoms with E-state index in [0.29, 0.717) is 37.6 Å². The molecule has 0 radical (unpaired) electrons. The molecule has 6 nitrogen and oxygen atoms in total. The van der Waals surface area contributed by atoms with Crippen LogP contribution in [0.3, 0.4) is 0 Å². The molecule has 1 saturated carbocycles. The Kier molecular flexibility index (Phi) is 3.35. The van der Waals surface area contributed by atoms with Crippen LogP contribution in [0.4, 0.5) is 0 Å². The molecule has 0 spiro atoms. The van der Waals surface area contributed by atoms with Crippen LogP contribution in [-0.2, 0) is 10.0 Å². The van der Waals surface area contributed by atoms with Crippen molar-refractivity contribution in [3.05, 3.63) is 18.2 Å². The van der Waals surface area contributed by atoms with Crippen LogP contribution >= 0.6 is 0 Å². The number of nitrogens with one attached hydrogen (secondary N) is 1. The number of aliphatic hydroxyl groups excluding tert-OH is 1. The van der Waals surface area contributed by atoms with Gasteiger partial charge in [0.2, 0.25) is 10.0 Å². The standard InChI is InChI=1S/C13H17NO5S/c15-9-13(4-5-13)14-20(16,17)10-2-3-11-12(8-10)19-7-1-6-18-11/h2-3,8,14-15H,1,4-7,9H2. The number of hydrogen-bond acceptors (Lipinski definition) is 5. The van der Waals surface area contributed by atoms with E-state index >= 15 is 0 Å². The summed E-state index contributed by atoms with van der Waals surface area (Å²) in [5.41, 5.74) is -0.678. The summed E-state index contributed by atoms with van der Waals surface area (Å²) in [6.07, 6.45) is 2.09. The van der Waals surface area contributed by atoms with E-state index in [0.717, 1.165) is 6.42 Å². The lowest BCUT2D eigenvalue weighted by atomic mass is 10.3. The SMILES string of the molecule is O=S(=O)(NC1(CO)CC1)c1ccc2c(c1)OCCCO2. The normalized spacial score (nSPS) is 20.2. The quantitative estimate of drug-likeness (QED) is 0.853. The smallest absolute Gasteiger partial charge is 0.241 e. The fourth-order valence-corrected chi connectivity index (χ4v) is 3.56. The highest BCUT2D eigenvalue weighted by Gasteiger charge is 2.45. The zero-order valence-corrected chi connectivity index (χ0v) is 11.8. The molecular weight excluding hydrogens is 282 g/mol. The highest BCUT2D eigenvalue weighted by Crippen LogP contribution is 2.37. The second kappa shape index (κ2) is 4.91. The van der Waals surface area contributed by atoms with E-state index in [1.807, 2.05) is 0 Å². The van der Waals surface area contributed by atoms with E-state index in [2.05, 4.69) is 4.72 Å².